The molecule has 0 radical (unpaired) electrons. The van der Waals surface area contributed by atoms with Gasteiger partial charge >= 0.3 is 0 Å². The van der Waals surface area contributed by atoms with Gasteiger partial charge in [0.2, 0.25) is 0 Å². The first-order chi connectivity index (χ1) is 12.9. The van der Waals surface area contributed by atoms with E-state index in [0.717, 1.165) is 55.4 Å². The second-order valence-corrected chi connectivity index (χ2v) is 7.24. The van der Waals surface area contributed by atoms with E-state index in [1.807, 2.05) is 24.8 Å². The third kappa shape index (κ3) is 4.41. The van der Waals surface area contributed by atoms with Gasteiger partial charge in [0.1, 0.15) is 5.82 Å². The molecule has 4 rings (SSSR count). The van der Waals surface area contributed by atoms with Crippen LogP contribution in [-0.4, -0.2) is 37.5 Å². The molecule has 1 N–H and O–H groups in total. The number of aryl methyl sites for hydroxylation is 1. The summed E-state index contributed by atoms with van der Waals surface area (Å²) in [6, 6.07) is 8.28. The van der Waals surface area contributed by atoms with Crippen LogP contribution in [0.25, 0.3) is 11.0 Å². The van der Waals surface area contributed by atoms with E-state index in [2.05, 4.69) is 49.8 Å². The van der Waals surface area contributed by atoms with Gasteiger partial charge in [0.15, 0.2) is 0 Å². The molecule has 2 heterocycles. The number of aromatic nitrogens is 4. The predicted molar refractivity (Wildman–Crippen MR) is 105 cm³/mol. The number of allylic oxidation sites excluding steroid dienone is 2. The maximum absolute atomic E-state index is 4.78. The molecule has 1 unspecified atom stereocenters. The smallest absolute Gasteiger partial charge is 0.121 e. The lowest BCUT2D eigenvalue weighted by molar-refractivity contribution is 0.205. The first-order valence-electron chi connectivity index (χ1n) is 9.63. The molecule has 2 aromatic heterocycles. The summed E-state index contributed by atoms with van der Waals surface area (Å²) in [7, 11) is 0. The predicted octanol–water partition coefficient (Wildman–Crippen LogP) is 4.01. The zero-order chi connectivity index (χ0) is 17.6. The summed E-state index contributed by atoms with van der Waals surface area (Å²) in [5.74, 6) is 1.83. The summed E-state index contributed by atoms with van der Waals surface area (Å²) < 4.78 is 2.16. The van der Waals surface area contributed by atoms with Crippen molar-refractivity contribution in [3.8, 4) is 0 Å². The minimum atomic E-state index is 0.762. The van der Waals surface area contributed by atoms with Gasteiger partial charge in [-0.3, -0.25) is 4.90 Å². The van der Waals surface area contributed by atoms with E-state index in [1.54, 1.807) is 0 Å². The van der Waals surface area contributed by atoms with E-state index in [1.165, 1.54) is 19.3 Å². The Bertz CT molecular complexity index is 800. The summed E-state index contributed by atoms with van der Waals surface area (Å²) in [6.45, 7) is 4.13. The zero-order valence-corrected chi connectivity index (χ0v) is 15.2. The molecule has 0 spiro atoms. The molecule has 0 amide bonds. The van der Waals surface area contributed by atoms with Crippen LogP contribution >= 0.6 is 0 Å². The standard InChI is InChI=1S/C21H27N5/c1-2-7-18(8-3-1)15-26(13-6-12-25-14-11-22-17-25)16-21-23-19-9-4-5-10-20(19)24-21/h1-2,4-5,9-11,14,17-18H,3,6-8,12-13,15-16H2,(H,23,24). The van der Waals surface area contributed by atoms with Crippen LogP contribution in [0.5, 0.6) is 0 Å². The van der Waals surface area contributed by atoms with Crippen molar-refractivity contribution >= 4 is 11.0 Å². The van der Waals surface area contributed by atoms with Gasteiger partial charge in [-0.05, 0) is 43.7 Å². The highest BCUT2D eigenvalue weighted by Crippen LogP contribution is 2.21. The monoisotopic (exact) mass is 349 g/mol. The third-order valence-corrected chi connectivity index (χ3v) is 5.16. The maximum atomic E-state index is 4.78. The third-order valence-electron chi connectivity index (χ3n) is 5.16. The van der Waals surface area contributed by atoms with Gasteiger partial charge in [-0.15, -0.1) is 0 Å². The molecule has 1 atom stereocenters. The molecular weight excluding hydrogens is 322 g/mol. The van der Waals surface area contributed by atoms with Crippen molar-refractivity contribution in [2.75, 3.05) is 13.1 Å². The second kappa shape index (κ2) is 8.32. The Balaban J connectivity index is 1.40. The van der Waals surface area contributed by atoms with Crippen LogP contribution in [-0.2, 0) is 13.1 Å². The van der Waals surface area contributed by atoms with Crippen LogP contribution in [0.3, 0.4) is 0 Å². The van der Waals surface area contributed by atoms with E-state index in [0.29, 0.717) is 0 Å². The van der Waals surface area contributed by atoms with Crippen molar-refractivity contribution in [2.45, 2.75) is 38.8 Å². The molecule has 136 valence electrons. The van der Waals surface area contributed by atoms with Crippen molar-refractivity contribution in [3.05, 3.63) is 61.0 Å². The second-order valence-electron chi connectivity index (χ2n) is 7.24. The number of rotatable bonds is 8. The molecule has 26 heavy (non-hydrogen) atoms. The van der Waals surface area contributed by atoms with Gasteiger partial charge in [0.25, 0.3) is 0 Å². The lowest BCUT2D eigenvalue weighted by Gasteiger charge is -2.27. The van der Waals surface area contributed by atoms with E-state index >= 15 is 0 Å². The molecule has 0 fully saturated rings. The van der Waals surface area contributed by atoms with Crippen molar-refractivity contribution < 1.29 is 0 Å². The molecule has 1 aliphatic rings. The molecule has 3 aromatic rings. The summed E-state index contributed by atoms with van der Waals surface area (Å²) in [4.78, 5) is 15.0. The Morgan fingerprint density at radius 1 is 1.23 bits per heavy atom. The van der Waals surface area contributed by atoms with Crippen molar-refractivity contribution in [1.29, 1.82) is 0 Å². The fourth-order valence-corrected chi connectivity index (χ4v) is 3.81. The molecule has 5 heteroatoms. The summed E-state index contributed by atoms with van der Waals surface area (Å²) in [5, 5.41) is 0. The highest BCUT2D eigenvalue weighted by atomic mass is 15.2. The Morgan fingerprint density at radius 2 is 2.19 bits per heavy atom. The first-order valence-corrected chi connectivity index (χ1v) is 9.63. The minimum absolute atomic E-state index is 0.762. The summed E-state index contributed by atoms with van der Waals surface area (Å²) >= 11 is 0. The van der Waals surface area contributed by atoms with Gasteiger partial charge in [-0.1, -0.05) is 24.3 Å². The van der Waals surface area contributed by atoms with Crippen LogP contribution in [0.15, 0.2) is 55.1 Å². The molecule has 1 aliphatic carbocycles. The molecule has 0 aliphatic heterocycles. The average molecular weight is 349 g/mol. The van der Waals surface area contributed by atoms with Gasteiger partial charge < -0.3 is 9.55 Å². The van der Waals surface area contributed by atoms with Gasteiger partial charge in [-0.25, -0.2) is 9.97 Å². The fraction of sp³-hybridized carbons (Fsp3) is 0.429. The highest BCUT2D eigenvalue weighted by molar-refractivity contribution is 5.74. The normalized spacial score (nSPS) is 17.3. The van der Waals surface area contributed by atoms with Crippen LogP contribution in [0, 0.1) is 5.92 Å². The molecule has 1 aromatic carbocycles. The van der Waals surface area contributed by atoms with Gasteiger partial charge in [0, 0.05) is 32.0 Å². The van der Waals surface area contributed by atoms with Crippen LogP contribution in [0.2, 0.25) is 0 Å². The Kier molecular flexibility index (Phi) is 5.45. The number of para-hydroxylation sites is 2. The lowest BCUT2D eigenvalue weighted by atomic mass is 9.94. The number of nitrogens with zero attached hydrogens (tertiary/aromatic N) is 4. The number of benzene rings is 1. The molecule has 0 bridgehead atoms. The Labute approximate surface area is 154 Å². The fourth-order valence-electron chi connectivity index (χ4n) is 3.81. The summed E-state index contributed by atoms with van der Waals surface area (Å²) in [6.07, 6.45) is 15.3. The molecule has 5 nitrogen and oxygen atoms in total. The number of nitrogens with one attached hydrogen (secondary N) is 1. The average Bonchev–Trinajstić information content (AvgIpc) is 3.31. The number of imidazole rings is 2. The number of fused-ring (bicyclic) bond motifs is 1. The van der Waals surface area contributed by atoms with Crippen molar-refractivity contribution in [1.82, 2.24) is 24.4 Å². The van der Waals surface area contributed by atoms with Crippen molar-refractivity contribution in [3.63, 3.8) is 0 Å². The van der Waals surface area contributed by atoms with Crippen LogP contribution < -0.4 is 0 Å². The first kappa shape index (κ1) is 17.0. The number of hydrogen-bond acceptors (Lipinski definition) is 3. The minimum Gasteiger partial charge on any atom is -0.341 e. The topological polar surface area (TPSA) is 49.7 Å². The number of H-pyrrole nitrogens is 1. The Hall–Kier alpha value is -2.40. The van der Waals surface area contributed by atoms with Crippen LogP contribution in [0.4, 0.5) is 0 Å². The van der Waals surface area contributed by atoms with E-state index in [4.69, 9.17) is 4.98 Å². The van der Waals surface area contributed by atoms with Gasteiger partial charge in [0.05, 0.1) is 23.9 Å². The van der Waals surface area contributed by atoms with Crippen molar-refractivity contribution in [2.24, 2.45) is 5.92 Å². The van der Waals surface area contributed by atoms with E-state index in [-0.39, 0.29) is 0 Å². The SMILES string of the molecule is C1=CCC(CN(CCCn2ccnc2)Cc2nc3ccccc3[nH]2)CC1. The lowest BCUT2D eigenvalue weighted by Crippen LogP contribution is -2.31. The van der Waals surface area contributed by atoms with E-state index in [9.17, 15) is 0 Å². The van der Waals surface area contributed by atoms with Crippen LogP contribution in [0.1, 0.15) is 31.5 Å². The Morgan fingerprint density at radius 3 is 3.00 bits per heavy atom. The molecular formula is C21H27N5. The number of aromatic amines is 1. The highest BCUT2D eigenvalue weighted by Gasteiger charge is 2.16. The van der Waals surface area contributed by atoms with E-state index < -0.39 is 0 Å². The number of hydrogen-bond donors (Lipinski definition) is 1. The van der Waals surface area contributed by atoms with Gasteiger partial charge in [-0.2, -0.15) is 0 Å². The largest absolute Gasteiger partial charge is 0.341 e. The maximum Gasteiger partial charge on any atom is 0.121 e. The summed E-state index contributed by atoms with van der Waals surface area (Å²) in [5.41, 5.74) is 2.18. The molecule has 0 saturated carbocycles. The quantitative estimate of drug-likeness (QED) is 0.625. The molecule has 0 saturated heterocycles. The zero-order valence-electron chi connectivity index (χ0n) is 15.2.